The number of phenols is 1. The predicted octanol–water partition coefficient (Wildman–Crippen LogP) is 1.67. The SMILES string of the molecule is COc1cc(CC(C)C(=O)O)cc(O)c1OC. The maximum Gasteiger partial charge on any atom is 0.306 e. The molecule has 1 aromatic carbocycles. The molecule has 5 nitrogen and oxygen atoms in total. The summed E-state index contributed by atoms with van der Waals surface area (Å²) in [5.74, 6) is -0.814. The Kier molecular flexibility index (Phi) is 4.20. The highest BCUT2D eigenvalue weighted by atomic mass is 16.5. The predicted molar refractivity (Wildman–Crippen MR) is 61.7 cm³/mol. The van der Waals surface area contributed by atoms with Gasteiger partial charge in [-0.3, -0.25) is 4.79 Å². The average Bonchev–Trinajstić information content (AvgIpc) is 2.27. The molecule has 0 fully saturated rings. The minimum Gasteiger partial charge on any atom is -0.504 e. The summed E-state index contributed by atoms with van der Waals surface area (Å²) in [6, 6.07) is 3.15. The van der Waals surface area contributed by atoms with Gasteiger partial charge in [0, 0.05) is 0 Å². The normalized spacial score (nSPS) is 11.9. The van der Waals surface area contributed by atoms with Crippen LogP contribution in [0, 0.1) is 5.92 Å². The third kappa shape index (κ3) is 3.03. The maximum atomic E-state index is 10.7. The molecule has 0 saturated carbocycles. The van der Waals surface area contributed by atoms with Crippen molar-refractivity contribution in [2.24, 2.45) is 5.92 Å². The molecule has 0 bridgehead atoms. The van der Waals surface area contributed by atoms with Crippen molar-refractivity contribution in [1.82, 2.24) is 0 Å². The van der Waals surface area contributed by atoms with Crippen molar-refractivity contribution in [3.05, 3.63) is 17.7 Å². The van der Waals surface area contributed by atoms with Crippen molar-refractivity contribution in [2.45, 2.75) is 13.3 Å². The number of ether oxygens (including phenoxy) is 2. The fraction of sp³-hybridized carbons (Fsp3) is 0.417. The standard InChI is InChI=1S/C12H16O5/c1-7(12(14)15)4-8-5-9(13)11(17-3)10(6-8)16-2/h5-7,13H,4H2,1-3H3,(H,14,15). The van der Waals surface area contributed by atoms with Crippen LogP contribution in [0.25, 0.3) is 0 Å². The van der Waals surface area contributed by atoms with Gasteiger partial charge in [-0.15, -0.1) is 0 Å². The van der Waals surface area contributed by atoms with E-state index in [4.69, 9.17) is 14.6 Å². The molecular formula is C12H16O5. The molecule has 94 valence electrons. The largest absolute Gasteiger partial charge is 0.504 e. The number of carboxylic acid groups (broad SMARTS) is 1. The molecule has 1 atom stereocenters. The Balaban J connectivity index is 3.03. The average molecular weight is 240 g/mol. The van der Waals surface area contributed by atoms with Gasteiger partial charge in [-0.1, -0.05) is 6.92 Å². The topological polar surface area (TPSA) is 76.0 Å². The van der Waals surface area contributed by atoms with Gasteiger partial charge in [-0.2, -0.15) is 0 Å². The van der Waals surface area contributed by atoms with E-state index in [2.05, 4.69) is 0 Å². The van der Waals surface area contributed by atoms with Crippen LogP contribution in [-0.2, 0) is 11.2 Å². The van der Waals surface area contributed by atoms with Crippen molar-refractivity contribution in [1.29, 1.82) is 0 Å². The minimum absolute atomic E-state index is 0.0561. The number of phenolic OH excluding ortho intramolecular Hbond substituents is 1. The Morgan fingerprint density at radius 1 is 1.35 bits per heavy atom. The molecular weight excluding hydrogens is 224 g/mol. The summed E-state index contributed by atoms with van der Waals surface area (Å²) < 4.78 is 10.1. The first-order valence-electron chi connectivity index (χ1n) is 5.16. The summed E-state index contributed by atoms with van der Waals surface area (Å²) >= 11 is 0. The Hall–Kier alpha value is -1.91. The zero-order valence-corrected chi connectivity index (χ0v) is 10.1. The van der Waals surface area contributed by atoms with Crippen LogP contribution >= 0.6 is 0 Å². The monoisotopic (exact) mass is 240 g/mol. The Morgan fingerprint density at radius 2 is 2.00 bits per heavy atom. The molecule has 0 aromatic heterocycles. The summed E-state index contributed by atoms with van der Waals surface area (Å²) in [7, 11) is 2.89. The first-order chi connectivity index (χ1) is 7.99. The van der Waals surface area contributed by atoms with E-state index in [1.165, 1.54) is 20.3 Å². The zero-order valence-electron chi connectivity index (χ0n) is 10.1. The molecule has 0 amide bonds. The van der Waals surface area contributed by atoms with Gasteiger partial charge in [-0.25, -0.2) is 0 Å². The lowest BCUT2D eigenvalue weighted by Crippen LogP contribution is -2.12. The fourth-order valence-corrected chi connectivity index (χ4v) is 1.56. The van der Waals surface area contributed by atoms with E-state index < -0.39 is 11.9 Å². The molecule has 0 radical (unpaired) electrons. The van der Waals surface area contributed by atoms with E-state index in [1.54, 1.807) is 13.0 Å². The van der Waals surface area contributed by atoms with Gasteiger partial charge in [0.2, 0.25) is 5.75 Å². The number of rotatable bonds is 5. The summed E-state index contributed by atoms with van der Waals surface area (Å²) in [4.78, 5) is 10.7. The van der Waals surface area contributed by atoms with Crippen molar-refractivity contribution in [3.63, 3.8) is 0 Å². The van der Waals surface area contributed by atoms with E-state index in [-0.39, 0.29) is 11.5 Å². The van der Waals surface area contributed by atoms with Crippen molar-refractivity contribution < 1.29 is 24.5 Å². The van der Waals surface area contributed by atoms with E-state index in [1.807, 2.05) is 0 Å². The lowest BCUT2D eigenvalue weighted by Gasteiger charge is -2.12. The summed E-state index contributed by atoms with van der Waals surface area (Å²) in [5.41, 5.74) is 0.690. The van der Waals surface area contributed by atoms with E-state index in [0.717, 1.165) is 0 Å². The Bertz CT molecular complexity index is 414. The van der Waals surface area contributed by atoms with Crippen LogP contribution in [-0.4, -0.2) is 30.4 Å². The molecule has 0 aliphatic carbocycles. The molecule has 0 aliphatic heterocycles. The molecule has 17 heavy (non-hydrogen) atoms. The smallest absolute Gasteiger partial charge is 0.306 e. The second kappa shape index (κ2) is 5.43. The molecule has 0 heterocycles. The maximum absolute atomic E-state index is 10.7. The highest BCUT2D eigenvalue weighted by Gasteiger charge is 2.16. The summed E-state index contributed by atoms with van der Waals surface area (Å²) in [5, 5.41) is 18.5. The fourth-order valence-electron chi connectivity index (χ4n) is 1.56. The summed E-state index contributed by atoms with van der Waals surface area (Å²) in [6.07, 6.45) is 0.323. The number of benzene rings is 1. The second-order valence-electron chi connectivity index (χ2n) is 3.79. The third-order valence-corrected chi connectivity index (χ3v) is 2.48. The number of carbonyl (C=O) groups is 1. The molecule has 2 N–H and O–H groups in total. The third-order valence-electron chi connectivity index (χ3n) is 2.48. The van der Waals surface area contributed by atoms with Crippen LogP contribution in [0.1, 0.15) is 12.5 Å². The van der Waals surface area contributed by atoms with Crippen LogP contribution in [0.3, 0.4) is 0 Å². The second-order valence-corrected chi connectivity index (χ2v) is 3.79. The number of carboxylic acids is 1. The minimum atomic E-state index is -0.876. The van der Waals surface area contributed by atoms with Gasteiger partial charge in [0.25, 0.3) is 0 Å². The number of methoxy groups -OCH3 is 2. The van der Waals surface area contributed by atoms with E-state index in [9.17, 15) is 9.90 Å². The van der Waals surface area contributed by atoms with Crippen LogP contribution in [0.4, 0.5) is 0 Å². The Labute approximate surface area is 99.6 Å². The first kappa shape index (κ1) is 13.2. The lowest BCUT2D eigenvalue weighted by atomic mass is 10.0. The number of aromatic hydroxyl groups is 1. The van der Waals surface area contributed by atoms with Crippen molar-refractivity contribution >= 4 is 5.97 Å². The molecule has 0 saturated heterocycles. The van der Waals surface area contributed by atoms with E-state index >= 15 is 0 Å². The first-order valence-corrected chi connectivity index (χ1v) is 5.16. The number of aliphatic carboxylic acids is 1. The highest BCUT2D eigenvalue weighted by Crippen LogP contribution is 2.37. The number of hydrogen-bond donors (Lipinski definition) is 2. The van der Waals surface area contributed by atoms with Gasteiger partial charge in [0.1, 0.15) is 0 Å². The van der Waals surface area contributed by atoms with Gasteiger partial charge in [0.05, 0.1) is 20.1 Å². The van der Waals surface area contributed by atoms with Crippen LogP contribution in [0.15, 0.2) is 12.1 Å². The van der Waals surface area contributed by atoms with Crippen molar-refractivity contribution in [3.8, 4) is 17.2 Å². The molecule has 1 aromatic rings. The lowest BCUT2D eigenvalue weighted by molar-refractivity contribution is -0.141. The van der Waals surface area contributed by atoms with Crippen LogP contribution in [0.2, 0.25) is 0 Å². The Morgan fingerprint density at radius 3 is 2.47 bits per heavy atom. The van der Waals surface area contributed by atoms with Gasteiger partial charge in [0.15, 0.2) is 11.5 Å². The zero-order chi connectivity index (χ0) is 13.0. The number of hydrogen-bond acceptors (Lipinski definition) is 4. The van der Waals surface area contributed by atoms with E-state index in [0.29, 0.717) is 17.7 Å². The molecule has 1 rings (SSSR count). The van der Waals surface area contributed by atoms with Crippen molar-refractivity contribution in [2.75, 3.05) is 14.2 Å². The highest BCUT2D eigenvalue weighted by molar-refractivity contribution is 5.70. The van der Waals surface area contributed by atoms with Crippen LogP contribution < -0.4 is 9.47 Å². The van der Waals surface area contributed by atoms with Crippen LogP contribution in [0.5, 0.6) is 17.2 Å². The molecule has 1 unspecified atom stereocenters. The molecule has 0 aliphatic rings. The summed E-state index contributed by atoms with van der Waals surface area (Å²) in [6.45, 7) is 1.61. The van der Waals surface area contributed by atoms with Gasteiger partial charge in [-0.05, 0) is 24.1 Å². The quantitative estimate of drug-likeness (QED) is 0.818. The van der Waals surface area contributed by atoms with Gasteiger partial charge < -0.3 is 19.7 Å². The molecule has 0 spiro atoms. The van der Waals surface area contributed by atoms with Gasteiger partial charge >= 0.3 is 5.97 Å². The molecule has 5 heteroatoms.